The third-order valence-corrected chi connectivity index (χ3v) is 4.54. The van der Waals surface area contributed by atoms with Crippen LogP contribution in [0, 0.1) is 5.92 Å². The summed E-state index contributed by atoms with van der Waals surface area (Å²) < 4.78 is 5.43. The predicted molar refractivity (Wildman–Crippen MR) is 97.6 cm³/mol. The maximum Gasteiger partial charge on any atom is 0.339 e. The summed E-state index contributed by atoms with van der Waals surface area (Å²) in [5.41, 5.74) is 2.66. The van der Waals surface area contributed by atoms with Crippen molar-refractivity contribution in [3.05, 3.63) is 93.5 Å². The fourth-order valence-electron chi connectivity index (χ4n) is 2.64. The van der Waals surface area contributed by atoms with Gasteiger partial charge in [0.1, 0.15) is 6.61 Å². The molecule has 0 amide bonds. The number of hydrogen-bond acceptors (Lipinski definition) is 2. The number of carbonyl (C=O) groups is 1. The minimum absolute atomic E-state index is 0.227. The van der Waals surface area contributed by atoms with E-state index in [-0.39, 0.29) is 12.5 Å². The first kappa shape index (κ1) is 16.8. The molecular weight excluding hydrogens is 343 g/mol. The van der Waals surface area contributed by atoms with Crippen LogP contribution in [0.15, 0.2) is 72.3 Å². The van der Waals surface area contributed by atoms with Gasteiger partial charge >= 0.3 is 5.97 Å². The second-order valence-corrected chi connectivity index (χ2v) is 6.46. The fraction of sp³-hybridized carbons (Fsp3) is 0.150. The van der Waals surface area contributed by atoms with E-state index in [2.05, 4.69) is 6.08 Å². The highest BCUT2D eigenvalue weighted by molar-refractivity contribution is 6.33. The van der Waals surface area contributed by atoms with Gasteiger partial charge in [-0.1, -0.05) is 65.7 Å². The van der Waals surface area contributed by atoms with Gasteiger partial charge in [-0.05, 0) is 41.8 Å². The van der Waals surface area contributed by atoms with Crippen LogP contribution in [0.1, 0.15) is 15.9 Å². The van der Waals surface area contributed by atoms with Crippen molar-refractivity contribution in [2.24, 2.45) is 5.92 Å². The van der Waals surface area contributed by atoms with E-state index in [9.17, 15) is 4.79 Å². The molecule has 1 unspecified atom stereocenters. The first-order valence-electron chi connectivity index (χ1n) is 7.67. The highest BCUT2D eigenvalue weighted by Crippen LogP contribution is 2.25. The Labute approximate surface area is 151 Å². The van der Waals surface area contributed by atoms with Crippen LogP contribution in [0.5, 0.6) is 0 Å². The SMILES string of the molecule is O=C(OCC1=CC=CC1Cc1ccc(Cl)cc1)c1ccccc1Cl. The predicted octanol–water partition coefficient (Wildman–Crippen LogP) is 5.51. The first-order valence-corrected chi connectivity index (χ1v) is 8.42. The number of halogens is 2. The Morgan fingerprint density at radius 1 is 1.04 bits per heavy atom. The molecule has 4 heteroatoms. The monoisotopic (exact) mass is 358 g/mol. The van der Waals surface area contributed by atoms with Crippen LogP contribution in [-0.2, 0) is 11.2 Å². The quantitative estimate of drug-likeness (QED) is 0.659. The molecule has 0 fully saturated rings. The summed E-state index contributed by atoms with van der Waals surface area (Å²) in [5, 5.41) is 1.13. The minimum atomic E-state index is -0.404. The number of benzene rings is 2. The molecule has 0 bridgehead atoms. The van der Waals surface area contributed by atoms with Gasteiger partial charge in [0.15, 0.2) is 0 Å². The van der Waals surface area contributed by atoms with Gasteiger partial charge < -0.3 is 4.74 Å². The van der Waals surface area contributed by atoms with E-state index in [4.69, 9.17) is 27.9 Å². The van der Waals surface area contributed by atoms with Gasteiger partial charge in [-0.3, -0.25) is 0 Å². The number of ether oxygens (including phenoxy) is 1. The van der Waals surface area contributed by atoms with Gasteiger partial charge in [-0.2, -0.15) is 0 Å². The molecule has 1 atom stereocenters. The molecule has 0 aliphatic heterocycles. The lowest BCUT2D eigenvalue weighted by Crippen LogP contribution is -2.13. The lowest BCUT2D eigenvalue weighted by atomic mass is 9.95. The molecule has 3 rings (SSSR count). The van der Waals surface area contributed by atoms with E-state index in [0.29, 0.717) is 10.6 Å². The highest BCUT2D eigenvalue weighted by Gasteiger charge is 2.18. The first-order chi connectivity index (χ1) is 11.6. The van der Waals surface area contributed by atoms with Crippen LogP contribution >= 0.6 is 23.2 Å². The van der Waals surface area contributed by atoms with Gasteiger partial charge in [-0.25, -0.2) is 4.79 Å². The largest absolute Gasteiger partial charge is 0.458 e. The zero-order valence-corrected chi connectivity index (χ0v) is 14.4. The zero-order chi connectivity index (χ0) is 16.9. The molecule has 2 aromatic rings. The third-order valence-electron chi connectivity index (χ3n) is 3.96. The molecule has 24 heavy (non-hydrogen) atoms. The Bertz CT molecular complexity index is 792. The van der Waals surface area contributed by atoms with Crippen molar-refractivity contribution in [1.29, 1.82) is 0 Å². The molecule has 0 saturated carbocycles. The molecule has 0 aromatic heterocycles. The summed E-state index contributed by atoms with van der Waals surface area (Å²) in [4.78, 5) is 12.2. The third kappa shape index (κ3) is 4.08. The molecule has 2 aromatic carbocycles. The van der Waals surface area contributed by atoms with E-state index in [0.717, 1.165) is 17.0 Å². The van der Waals surface area contributed by atoms with Gasteiger partial charge in [0, 0.05) is 10.9 Å². The maximum absolute atomic E-state index is 12.2. The van der Waals surface area contributed by atoms with Crippen LogP contribution in [0.2, 0.25) is 10.0 Å². The zero-order valence-electron chi connectivity index (χ0n) is 12.9. The Morgan fingerprint density at radius 2 is 1.79 bits per heavy atom. The average molecular weight is 359 g/mol. The summed E-state index contributed by atoms with van der Waals surface area (Å²) in [5.74, 6) is -0.177. The summed E-state index contributed by atoms with van der Waals surface area (Å²) in [6.07, 6.45) is 6.97. The molecule has 0 radical (unpaired) electrons. The van der Waals surface area contributed by atoms with E-state index in [1.54, 1.807) is 24.3 Å². The molecule has 1 aliphatic carbocycles. The lowest BCUT2D eigenvalue weighted by molar-refractivity contribution is 0.0535. The molecule has 2 nitrogen and oxygen atoms in total. The van der Waals surface area contributed by atoms with Gasteiger partial charge in [-0.15, -0.1) is 0 Å². The van der Waals surface area contributed by atoms with Crippen molar-refractivity contribution in [1.82, 2.24) is 0 Å². The minimum Gasteiger partial charge on any atom is -0.458 e. The van der Waals surface area contributed by atoms with Crippen molar-refractivity contribution >= 4 is 29.2 Å². The molecule has 0 spiro atoms. The van der Waals surface area contributed by atoms with E-state index in [1.807, 2.05) is 36.4 Å². The average Bonchev–Trinajstić information content (AvgIpc) is 3.02. The summed E-state index contributed by atoms with van der Waals surface area (Å²) >= 11 is 11.9. The topological polar surface area (TPSA) is 26.3 Å². The van der Waals surface area contributed by atoms with Crippen molar-refractivity contribution < 1.29 is 9.53 Å². The van der Waals surface area contributed by atoms with Gasteiger partial charge in [0.05, 0.1) is 10.6 Å². The van der Waals surface area contributed by atoms with Crippen molar-refractivity contribution in [3.8, 4) is 0 Å². The number of allylic oxidation sites excluding steroid dienone is 3. The molecular formula is C20H16Cl2O2. The second-order valence-electron chi connectivity index (χ2n) is 5.62. The lowest BCUT2D eigenvalue weighted by Gasteiger charge is -2.15. The number of carbonyl (C=O) groups excluding carboxylic acids is 1. The van der Waals surface area contributed by atoms with Crippen LogP contribution in [0.25, 0.3) is 0 Å². The molecule has 1 aliphatic rings. The van der Waals surface area contributed by atoms with Crippen molar-refractivity contribution in [2.75, 3.05) is 6.61 Å². The maximum atomic E-state index is 12.2. The standard InChI is InChI=1S/C20H16Cl2O2/c21-17-10-8-14(9-11-17)12-15-4-3-5-16(15)13-24-20(23)18-6-1-2-7-19(18)22/h1-11,15H,12-13H2. The van der Waals surface area contributed by atoms with E-state index >= 15 is 0 Å². The molecule has 0 N–H and O–H groups in total. The van der Waals surface area contributed by atoms with Gasteiger partial charge in [0.25, 0.3) is 0 Å². The van der Waals surface area contributed by atoms with Crippen molar-refractivity contribution in [2.45, 2.75) is 6.42 Å². The van der Waals surface area contributed by atoms with Crippen LogP contribution in [0.4, 0.5) is 0 Å². The molecule has 122 valence electrons. The Kier molecular flexibility index (Phi) is 5.39. The molecule has 0 saturated heterocycles. The van der Waals surface area contributed by atoms with Gasteiger partial charge in [0.2, 0.25) is 0 Å². The van der Waals surface area contributed by atoms with E-state index < -0.39 is 5.97 Å². The van der Waals surface area contributed by atoms with Crippen LogP contribution < -0.4 is 0 Å². The second kappa shape index (κ2) is 7.69. The summed E-state index contributed by atoms with van der Waals surface area (Å²) in [6, 6.07) is 14.7. The smallest absolute Gasteiger partial charge is 0.339 e. The van der Waals surface area contributed by atoms with E-state index in [1.165, 1.54) is 5.56 Å². The Balaban J connectivity index is 1.60. The Morgan fingerprint density at radius 3 is 2.54 bits per heavy atom. The normalized spacial score (nSPS) is 16.1. The molecule has 0 heterocycles. The van der Waals surface area contributed by atoms with Crippen LogP contribution in [-0.4, -0.2) is 12.6 Å². The Hall–Kier alpha value is -2.03. The fourth-order valence-corrected chi connectivity index (χ4v) is 2.98. The highest BCUT2D eigenvalue weighted by atomic mass is 35.5. The summed E-state index contributed by atoms with van der Waals surface area (Å²) in [6.45, 7) is 0.259. The number of esters is 1. The number of rotatable bonds is 5. The summed E-state index contributed by atoms with van der Waals surface area (Å²) in [7, 11) is 0. The number of hydrogen-bond donors (Lipinski definition) is 0. The van der Waals surface area contributed by atoms with Crippen molar-refractivity contribution in [3.63, 3.8) is 0 Å². The van der Waals surface area contributed by atoms with Crippen LogP contribution in [0.3, 0.4) is 0 Å².